The van der Waals surface area contributed by atoms with Crippen molar-refractivity contribution < 1.29 is 9.90 Å². The van der Waals surface area contributed by atoms with E-state index in [4.69, 9.17) is 0 Å². The zero-order valence-corrected chi connectivity index (χ0v) is 12.1. The molecule has 2 unspecified atom stereocenters. The number of hydrogen-bond acceptors (Lipinski definition) is 4. The van der Waals surface area contributed by atoms with Crippen molar-refractivity contribution in [3.8, 4) is 0 Å². The fourth-order valence-corrected chi connectivity index (χ4v) is 2.82. The van der Waals surface area contributed by atoms with Crippen LogP contribution in [0.3, 0.4) is 0 Å². The second-order valence-corrected chi connectivity index (χ2v) is 6.13. The van der Waals surface area contributed by atoms with Crippen molar-refractivity contribution >= 4 is 11.7 Å². The Labute approximate surface area is 124 Å². The molecular weight excluding hydrogens is 268 g/mol. The summed E-state index contributed by atoms with van der Waals surface area (Å²) in [5.41, 5.74) is 0.612. The molecule has 3 N–H and O–H groups in total. The predicted molar refractivity (Wildman–Crippen MR) is 79.0 cm³/mol. The van der Waals surface area contributed by atoms with Crippen LogP contribution >= 0.6 is 0 Å². The Morgan fingerprint density at radius 2 is 2.00 bits per heavy atom. The normalized spacial score (nSPS) is 25.4. The van der Waals surface area contributed by atoms with Crippen molar-refractivity contribution in [2.24, 2.45) is 5.92 Å². The molecule has 1 aromatic rings. The molecule has 0 radical (unpaired) electrons. The van der Waals surface area contributed by atoms with Gasteiger partial charge in [-0.3, -0.25) is 0 Å². The van der Waals surface area contributed by atoms with Crippen LogP contribution < -0.4 is 10.6 Å². The fraction of sp³-hybridized carbons (Fsp3) is 0.667. The second-order valence-electron chi connectivity index (χ2n) is 6.13. The minimum Gasteiger partial charge on any atom is -0.393 e. The number of urea groups is 1. The molecule has 2 aliphatic carbocycles. The zero-order chi connectivity index (χ0) is 14.7. The molecule has 21 heavy (non-hydrogen) atoms. The van der Waals surface area contributed by atoms with E-state index in [-0.39, 0.29) is 12.1 Å². The van der Waals surface area contributed by atoms with Gasteiger partial charge in [0.2, 0.25) is 0 Å². The van der Waals surface area contributed by atoms with E-state index < -0.39 is 0 Å². The van der Waals surface area contributed by atoms with Gasteiger partial charge in [0.05, 0.1) is 24.2 Å². The summed E-state index contributed by atoms with van der Waals surface area (Å²) >= 11 is 0. The van der Waals surface area contributed by atoms with Gasteiger partial charge in [0.15, 0.2) is 0 Å². The molecule has 0 bridgehead atoms. The summed E-state index contributed by atoms with van der Waals surface area (Å²) in [6.07, 6.45) is 9.20. The molecule has 2 fully saturated rings. The maximum absolute atomic E-state index is 11.8. The Morgan fingerprint density at radius 3 is 2.67 bits per heavy atom. The monoisotopic (exact) mass is 290 g/mol. The lowest BCUT2D eigenvalue weighted by Crippen LogP contribution is -2.35. The van der Waals surface area contributed by atoms with Gasteiger partial charge in [0, 0.05) is 12.5 Å². The van der Waals surface area contributed by atoms with E-state index in [0.29, 0.717) is 24.1 Å². The molecule has 1 aromatic heterocycles. The van der Waals surface area contributed by atoms with Gasteiger partial charge >= 0.3 is 6.03 Å². The molecule has 2 aliphatic rings. The lowest BCUT2D eigenvalue weighted by molar-refractivity contribution is 0.101. The third-order valence-corrected chi connectivity index (χ3v) is 4.18. The summed E-state index contributed by atoms with van der Waals surface area (Å²) in [6.45, 7) is 0.601. The Balaban J connectivity index is 1.42. The first kappa shape index (κ1) is 14.3. The first-order valence-corrected chi connectivity index (χ1v) is 7.75. The van der Waals surface area contributed by atoms with E-state index in [1.54, 1.807) is 12.4 Å². The number of aliphatic hydroxyl groups is 1. The number of anilines is 1. The van der Waals surface area contributed by atoms with E-state index in [2.05, 4.69) is 20.6 Å². The van der Waals surface area contributed by atoms with Crippen molar-refractivity contribution in [2.45, 2.75) is 50.5 Å². The van der Waals surface area contributed by atoms with Crippen molar-refractivity contribution in [3.63, 3.8) is 0 Å². The summed E-state index contributed by atoms with van der Waals surface area (Å²) in [5, 5.41) is 15.2. The van der Waals surface area contributed by atoms with Gasteiger partial charge in [-0.05, 0) is 38.0 Å². The number of nitrogens with zero attached hydrogens (tertiary/aromatic N) is 2. The molecule has 6 nitrogen and oxygen atoms in total. The van der Waals surface area contributed by atoms with Crippen molar-refractivity contribution in [3.05, 3.63) is 18.2 Å². The van der Waals surface area contributed by atoms with Crippen molar-refractivity contribution in [2.75, 3.05) is 11.9 Å². The van der Waals surface area contributed by atoms with Crippen LogP contribution in [0.5, 0.6) is 0 Å². The predicted octanol–water partition coefficient (Wildman–Crippen LogP) is 2.03. The topological polar surface area (TPSA) is 87.1 Å². The van der Waals surface area contributed by atoms with Crippen LogP contribution in [0.15, 0.2) is 12.4 Å². The van der Waals surface area contributed by atoms with Crippen LogP contribution in [0.25, 0.3) is 0 Å². The quantitative estimate of drug-likeness (QED) is 0.791. The SMILES string of the molecule is O=C(NCC1CCCC(O)C1)Nc1cnc(C2CC2)nc1. The molecule has 0 spiro atoms. The number of carbonyl (C=O) groups is 1. The molecule has 1 heterocycles. The van der Waals surface area contributed by atoms with Gasteiger partial charge in [-0.2, -0.15) is 0 Å². The van der Waals surface area contributed by atoms with E-state index in [0.717, 1.165) is 31.5 Å². The first-order chi connectivity index (χ1) is 10.2. The minimum absolute atomic E-state index is 0.211. The van der Waals surface area contributed by atoms with Gasteiger partial charge in [-0.15, -0.1) is 0 Å². The highest BCUT2D eigenvalue weighted by molar-refractivity contribution is 5.88. The summed E-state index contributed by atoms with van der Waals surface area (Å²) in [4.78, 5) is 20.4. The molecule has 114 valence electrons. The smallest absolute Gasteiger partial charge is 0.319 e. The van der Waals surface area contributed by atoms with Gasteiger partial charge in [-0.1, -0.05) is 6.42 Å². The van der Waals surface area contributed by atoms with Gasteiger partial charge < -0.3 is 15.7 Å². The summed E-state index contributed by atoms with van der Waals surface area (Å²) in [5.74, 6) is 1.76. The molecule has 2 saturated carbocycles. The minimum atomic E-state index is -0.238. The van der Waals surface area contributed by atoms with Crippen LogP contribution in [0.2, 0.25) is 0 Å². The van der Waals surface area contributed by atoms with E-state index in [9.17, 15) is 9.90 Å². The van der Waals surface area contributed by atoms with Crippen LogP contribution in [-0.2, 0) is 0 Å². The highest BCUT2D eigenvalue weighted by Crippen LogP contribution is 2.37. The molecule has 3 rings (SSSR count). The van der Waals surface area contributed by atoms with Crippen LogP contribution in [0.1, 0.15) is 50.3 Å². The highest BCUT2D eigenvalue weighted by Gasteiger charge is 2.26. The summed E-state index contributed by atoms with van der Waals surface area (Å²) in [7, 11) is 0. The fourth-order valence-electron chi connectivity index (χ4n) is 2.82. The maximum atomic E-state index is 11.8. The standard InChI is InChI=1S/C15H22N4O2/c20-13-3-1-2-10(6-13)7-18-15(21)19-12-8-16-14(17-9-12)11-4-5-11/h8-11,13,20H,1-7H2,(H2,18,19,21). The molecule has 6 heteroatoms. The van der Waals surface area contributed by atoms with Gasteiger partial charge in [0.1, 0.15) is 5.82 Å². The van der Waals surface area contributed by atoms with Gasteiger partial charge in [-0.25, -0.2) is 14.8 Å². The third-order valence-electron chi connectivity index (χ3n) is 4.18. The number of amides is 2. The number of aliphatic hydroxyl groups excluding tert-OH is 1. The average molecular weight is 290 g/mol. The summed E-state index contributed by atoms with van der Waals surface area (Å²) < 4.78 is 0. The molecule has 0 saturated heterocycles. The second kappa shape index (κ2) is 6.39. The number of nitrogens with one attached hydrogen (secondary N) is 2. The molecule has 0 aliphatic heterocycles. The number of hydrogen-bond donors (Lipinski definition) is 3. The number of carbonyl (C=O) groups excluding carboxylic acids is 1. The molecule has 2 amide bonds. The van der Waals surface area contributed by atoms with Crippen LogP contribution in [0, 0.1) is 5.92 Å². The third kappa shape index (κ3) is 4.14. The Morgan fingerprint density at radius 1 is 1.24 bits per heavy atom. The molecule has 2 atom stereocenters. The van der Waals surface area contributed by atoms with Crippen LogP contribution in [0.4, 0.5) is 10.5 Å². The lowest BCUT2D eigenvalue weighted by Gasteiger charge is -2.25. The Hall–Kier alpha value is -1.69. The average Bonchev–Trinajstić information content (AvgIpc) is 3.31. The van der Waals surface area contributed by atoms with E-state index >= 15 is 0 Å². The van der Waals surface area contributed by atoms with Crippen molar-refractivity contribution in [1.29, 1.82) is 0 Å². The van der Waals surface area contributed by atoms with E-state index in [1.807, 2.05) is 0 Å². The van der Waals surface area contributed by atoms with Crippen molar-refractivity contribution in [1.82, 2.24) is 15.3 Å². The highest BCUT2D eigenvalue weighted by atomic mass is 16.3. The Kier molecular flexibility index (Phi) is 4.34. The maximum Gasteiger partial charge on any atom is 0.319 e. The largest absolute Gasteiger partial charge is 0.393 e. The van der Waals surface area contributed by atoms with Crippen LogP contribution in [-0.4, -0.2) is 33.8 Å². The zero-order valence-electron chi connectivity index (χ0n) is 12.1. The lowest BCUT2D eigenvalue weighted by atomic mass is 9.87. The number of rotatable bonds is 4. The Bertz CT molecular complexity index is 487. The number of aromatic nitrogens is 2. The molecule has 0 aromatic carbocycles. The molecular formula is C15H22N4O2. The van der Waals surface area contributed by atoms with Gasteiger partial charge in [0.25, 0.3) is 0 Å². The first-order valence-electron chi connectivity index (χ1n) is 7.75. The summed E-state index contributed by atoms with van der Waals surface area (Å²) in [6, 6.07) is -0.238. The van der Waals surface area contributed by atoms with E-state index in [1.165, 1.54) is 12.8 Å².